The summed E-state index contributed by atoms with van der Waals surface area (Å²) in [7, 11) is 0. The van der Waals surface area contributed by atoms with Gasteiger partial charge in [-0.25, -0.2) is 4.98 Å². The van der Waals surface area contributed by atoms with Crippen molar-refractivity contribution in [3.8, 4) is 11.6 Å². The Balaban J connectivity index is 2.39. The van der Waals surface area contributed by atoms with Crippen molar-refractivity contribution in [3.05, 3.63) is 50.6 Å². The second-order valence-electron chi connectivity index (χ2n) is 4.83. The van der Waals surface area contributed by atoms with Crippen LogP contribution in [0, 0.1) is 0 Å². The molecule has 0 amide bonds. The standard InChI is InChI=1S/C15H13Cl4NO/c1-8(2)13-3-9(7-16)4-15(20-13)21-14-6-11(18)10(17)5-12(14)19/h3-6,8H,7H2,1-2H3. The Bertz CT molecular complexity index is 658. The summed E-state index contributed by atoms with van der Waals surface area (Å²) in [5.74, 6) is 1.48. The average molecular weight is 365 g/mol. The molecule has 21 heavy (non-hydrogen) atoms. The first kappa shape index (κ1) is 16.7. The minimum absolute atomic E-state index is 0.264. The lowest BCUT2D eigenvalue weighted by molar-refractivity contribution is 0.459. The Morgan fingerprint density at radius 3 is 2.29 bits per heavy atom. The molecule has 1 aromatic heterocycles. The molecule has 0 saturated heterocycles. The molecule has 0 saturated carbocycles. The van der Waals surface area contributed by atoms with Crippen molar-refractivity contribution >= 4 is 46.4 Å². The molecule has 2 nitrogen and oxygen atoms in total. The van der Waals surface area contributed by atoms with E-state index in [4.69, 9.17) is 51.1 Å². The summed E-state index contributed by atoms with van der Waals surface area (Å²) in [5.41, 5.74) is 1.83. The fraction of sp³-hybridized carbons (Fsp3) is 0.267. The molecule has 0 atom stereocenters. The van der Waals surface area contributed by atoms with Gasteiger partial charge in [0.1, 0.15) is 5.75 Å². The van der Waals surface area contributed by atoms with E-state index in [0.717, 1.165) is 11.3 Å². The van der Waals surface area contributed by atoms with Crippen LogP contribution < -0.4 is 4.74 Å². The highest BCUT2D eigenvalue weighted by Gasteiger charge is 2.11. The Kier molecular flexibility index (Phi) is 5.61. The Morgan fingerprint density at radius 1 is 1.00 bits per heavy atom. The summed E-state index contributed by atoms with van der Waals surface area (Å²) in [6.07, 6.45) is 0. The lowest BCUT2D eigenvalue weighted by Crippen LogP contribution is -1.98. The molecule has 0 aliphatic rings. The molecule has 112 valence electrons. The molecule has 0 aliphatic heterocycles. The number of benzene rings is 1. The molecule has 1 aromatic carbocycles. The first-order valence-electron chi connectivity index (χ1n) is 6.30. The van der Waals surface area contributed by atoms with Gasteiger partial charge in [0.05, 0.1) is 15.1 Å². The molecule has 2 aromatic rings. The van der Waals surface area contributed by atoms with Gasteiger partial charge in [0.25, 0.3) is 0 Å². The smallest absolute Gasteiger partial charge is 0.219 e. The molecular formula is C15H13Cl4NO. The van der Waals surface area contributed by atoms with Crippen LogP contribution in [-0.2, 0) is 5.88 Å². The Morgan fingerprint density at radius 2 is 1.67 bits per heavy atom. The van der Waals surface area contributed by atoms with Crippen molar-refractivity contribution in [1.82, 2.24) is 4.98 Å². The van der Waals surface area contributed by atoms with Gasteiger partial charge < -0.3 is 4.74 Å². The zero-order valence-electron chi connectivity index (χ0n) is 11.5. The third kappa shape index (κ3) is 4.17. The van der Waals surface area contributed by atoms with Gasteiger partial charge in [-0.2, -0.15) is 0 Å². The van der Waals surface area contributed by atoms with E-state index in [1.54, 1.807) is 12.1 Å². The maximum absolute atomic E-state index is 6.11. The largest absolute Gasteiger partial charge is 0.437 e. The van der Waals surface area contributed by atoms with Crippen LogP contribution in [0.5, 0.6) is 11.6 Å². The SMILES string of the molecule is CC(C)c1cc(CCl)cc(Oc2cc(Cl)c(Cl)cc2Cl)n1. The molecule has 1 heterocycles. The molecule has 0 N–H and O–H groups in total. The summed E-state index contributed by atoms with van der Waals surface area (Å²) in [5, 5.41) is 1.11. The molecule has 0 fully saturated rings. The molecule has 0 aliphatic carbocycles. The van der Waals surface area contributed by atoms with Crippen molar-refractivity contribution in [3.63, 3.8) is 0 Å². The molecule has 0 unspecified atom stereocenters. The van der Waals surface area contributed by atoms with Gasteiger partial charge in [-0.1, -0.05) is 48.7 Å². The summed E-state index contributed by atoms with van der Waals surface area (Å²) in [6.45, 7) is 4.10. The quantitative estimate of drug-likeness (QED) is 0.445. The van der Waals surface area contributed by atoms with Crippen molar-refractivity contribution in [2.75, 3.05) is 0 Å². The second kappa shape index (κ2) is 7.06. The zero-order valence-corrected chi connectivity index (χ0v) is 14.5. The molecule has 0 spiro atoms. The van der Waals surface area contributed by atoms with E-state index in [9.17, 15) is 0 Å². The van der Waals surface area contributed by atoms with Crippen molar-refractivity contribution in [2.45, 2.75) is 25.6 Å². The number of halogens is 4. The van der Waals surface area contributed by atoms with E-state index in [0.29, 0.717) is 32.6 Å². The number of hydrogen-bond donors (Lipinski definition) is 0. The zero-order chi connectivity index (χ0) is 15.6. The van der Waals surface area contributed by atoms with Gasteiger partial charge >= 0.3 is 0 Å². The Labute approximate surface area is 143 Å². The van der Waals surface area contributed by atoms with Crippen LogP contribution in [0.15, 0.2) is 24.3 Å². The predicted molar refractivity (Wildman–Crippen MR) is 89.4 cm³/mol. The first-order chi connectivity index (χ1) is 9.90. The van der Waals surface area contributed by atoms with E-state index >= 15 is 0 Å². The average Bonchev–Trinajstić information content (AvgIpc) is 2.44. The van der Waals surface area contributed by atoms with Crippen LogP contribution in [0.2, 0.25) is 15.1 Å². The van der Waals surface area contributed by atoms with E-state index in [2.05, 4.69) is 18.8 Å². The third-order valence-electron chi connectivity index (χ3n) is 2.82. The van der Waals surface area contributed by atoms with Gasteiger partial charge in [-0.3, -0.25) is 0 Å². The van der Waals surface area contributed by atoms with Crippen LogP contribution in [0.1, 0.15) is 31.0 Å². The van der Waals surface area contributed by atoms with Crippen LogP contribution in [0.4, 0.5) is 0 Å². The maximum atomic E-state index is 6.11. The van der Waals surface area contributed by atoms with Crippen molar-refractivity contribution < 1.29 is 4.74 Å². The normalized spacial score (nSPS) is 11.0. The highest BCUT2D eigenvalue weighted by Crippen LogP contribution is 2.36. The molecule has 2 rings (SSSR count). The van der Waals surface area contributed by atoms with Crippen molar-refractivity contribution in [1.29, 1.82) is 0 Å². The minimum Gasteiger partial charge on any atom is -0.437 e. The van der Waals surface area contributed by atoms with Crippen LogP contribution >= 0.6 is 46.4 Å². The number of pyridine rings is 1. The molecule has 0 bridgehead atoms. The van der Waals surface area contributed by atoms with Gasteiger partial charge in [-0.05, 0) is 23.6 Å². The van der Waals surface area contributed by atoms with Gasteiger partial charge in [0.2, 0.25) is 5.88 Å². The number of aromatic nitrogens is 1. The van der Waals surface area contributed by atoms with Crippen LogP contribution in [-0.4, -0.2) is 4.98 Å². The number of hydrogen-bond acceptors (Lipinski definition) is 2. The molecule has 6 heteroatoms. The fourth-order valence-electron chi connectivity index (χ4n) is 1.70. The number of ether oxygens (including phenoxy) is 1. The lowest BCUT2D eigenvalue weighted by atomic mass is 10.1. The predicted octanol–water partition coefficient (Wildman–Crippen LogP) is 6.70. The van der Waals surface area contributed by atoms with E-state index < -0.39 is 0 Å². The van der Waals surface area contributed by atoms with E-state index in [-0.39, 0.29) is 5.92 Å². The minimum atomic E-state index is 0.264. The monoisotopic (exact) mass is 363 g/mol. The van der Waals surface area contributed by atoms with E-state index in [1.165, 1.54) is 6.07 Å². The van der Waals surface area contributed by atoms with Gasteiger partial charge in [0, 0.05) is 23.7 Å². The number of nitrogens with zero attached hydrogens (tertiary/aromatic N) is 1. The summed E-state index contributed by atoms with van der Waals surface area (Å²) in [6, 6.07) is 6.84. The van der Waals surface area contributed by atoms with Gasteiger partial charge in [0.15, 0.2) is 0 Å². The van der Waals surface area contributed by atoms with Crippen LogP contribution in [0.25, 0.3) is 0 Å². The summed E-state index contributed by atoms with van der Waals surface area (Å²) >= 11 is 23.9. The highest BCUT2D eigenvalue weighted by atomic mass is 35.5. The molecule has 0 radical (unpaired) electrons. The maximum Gasteiger partial charge on any atom is 0.219 e. The lowest BCUT2D eigenvalue weighted by Gasteiger charge is -2.12. The Hall–Kier alpha value is -0.670. The van der Waals surface area contributed by atoms with Crippen molar-refractivity contribution in [2.24, 2.45) is 0 Å². The van der Waals surface area contributed by atoms with E-state index in [1.807, 2.05) is 6.07 Å². The summed E-state index contributed by atoms with van der Waals surface area (Å²) < 4.78 is 5.73. The topological polar surface area (TPSA) is 22.1 Å². The molecular weight excluding hydrogens is 352 g/mol. The second-order valence-corrected chi connectivity index (χ2v) is 6.31. The van der Waals surface area contributed by atoms with Crippen LogP contribution in [0.3, 0.4) is 0 Å². The third-order valence-corrected chi connectivity index (χ3v) is 4.14. The number of alkyl halides is 1. The van der Waals surface area contributed by atoms with Gasteiger partial charge in [-0.15, -0.1) is 11.6 Å². The first-order valence-corrected chi connectivity index (χ1v) is 7.96. The fourth-order valence-corrected chi connectivity index (χ4v) is 2.43. The number of rotatable bonds is 4. The summed E-state index contributed by atoms with van der Waals surface area (Å²) in [4.78, 5) is 4.45. The highest BCUT2D eigenvalue weighted by molar-refractivity contribution is 6.43.